The number of amides is 1. The fraction of sp³-hybridized carbons (Fsp3) is 0.455. The van der Waals surface area contributed by atoms with E-state index >= 15 is 0 Å². The number of pyridine rings is 1. The molecule has 156 valence electrons. The summed E-state index contributed by atoms with van der Waals surface area (Å²) in [5.41, 5.74) is 0.438. The van der Waals surface area contributed by atoms with Gasteiger partial charge in [-0.3, -0.25) is 9.59 Å². The zero-order valence-corrected chi connectivity index (χ0v) is 17.0. The van der Waals surface area contributed by atoms with Crippen molar-refractivity contribution in [2.24, 2.45) is 0 Å². The van der Waals surface area contributed by atoms with E-state index in [4.69, 9.17) is 14.2 Å². The molecule has 7 nitrogen and oxygen atoms in total. The van der Waals surface area contributed by atoms with Crippen molar-refractivity contribution < 1.29 is 19.0 Å². The number of nitrogens with one attached hydrogen (secondary N) is 1. The highest BCUT2D eigenvalue weighted by molar-refractivity contribution is 5.77. The van der Waals surface area contributed by atoms with Crippen LogP contribution in [0.5, 0.6) is 17.2 Å². The Balaban J connectivity index is 1.54. The molecule has 29 heavy (non-hydrogen) atoms. The smallest absolute Gasteiger partial charge is 0.258 e. The van der Waals surface area contributed by atoms with E-state index in [-0.39, 0.29) is 29.7 Å². The molecule has 0 atom stereocenters. The first-order valence-corrected chi connectivity index (χ1v) is 9.96. The lowest BCUT2D eigenvalue weighted by atomic mass is 10.2. The van der Waals surface area contributed by atoms with Gasteiger partial charge >= 0.3 is 0 Å². The Labute approximate surface area is 170 Å². The van der Waals surface area contributed by atoms with Gasteiger partial charge in [0.15, 0.2) is 12.4 Å². The molecule has 1 heterocycles. The van der Waals surface area contributed by atoms with Gasteiger partial charge in [-0.05, 0) is 44.0 Å². The van der Waals surface area contributed by atoms with Crippen molar-refractivity contribution in [2.45, 2.75) is 45.2 Å². The average molecular weight is 400 g/mol. The molecule has 3 rings (SSSR count). The third-order valence-electron chi connectivity index (χ3n) is 5.12. The number of ether oxygens (including phenoxy) is 3. The van der Waals surface area contributed by atoms with Crippen LogP contribution in [-0.2, 0) is 11.3 Å². The zero-order chi connectivity index (χ0) is 20.6. The number of carbonyl (C=O) groups excluding carboxylic acids is 1. The Morgan fingerprint density at radius 1 is 1.10 bits per heavy atom. The van der Waals surface area contributed by atoms with E-state index in [1.54, 1.807) is 20.2 Å². The van der Waals surface area contributed by atoms with Crippen molar-refractivity contribution in [3.63, 3.8) is 0 Å². The number of benzene rings is 1. The third-order valence-corrected chi connectivity index (χ3v) is 5.12. The Bertz CT molecular complexity index is 870. The van der Waals surface area contributed by atoms with Crippen molar-refractivity contribution in [1.82, 2.24) is 9.88 Å². The normalized spacial score (nSPS) is 13.9. The summed E-state index contributed by atoms with van der Waals surface area (Å²) in [6.45, 7) is 2.62. The summed E-state index contributed by atoms with van der Waals surface area (Å²) in [5, 5.41) is 2.96. The van der Waals surface area contributed by atoms with Gasteiger partial charge < -0.3 is 24.1 Å². The quantitative estimate of drug-likeness (QED) is 0.700. The Hall–Kier alpha value is -2.96. The molecule has 1 fully saturated rings. The van der Waals surface area contributed by atoms with E-state index in [0.717, 1.165) is 37.2 Å². The maximum Gasteiger partial charge on any atom is 0.258 e. The number of hydrogen-bond donors (Lipinski definition) is 1. The minimum atomic E-state index is -0.233. The topological polar surface area (TPSA) is 78.8 Å². The molecule has 1 saturated carbocycles. The number of carbonyl (C=O) groups is 1. The van der Waals surface area contributed by atoms with Gasteiger partial charge in [-0.15, -0.1) is 0 Å². The SMILES string of the molecule is COc1ccc(OCCn2ccc(=O)c(OCC(=O)NC3CCCC3)c2C)cc1. The molecule has 2 aromatic rings. The average Bonchev–Trinajstić information content (AvgIpc) is 3.23. The van der Waals surface area contributed by atoms with E-state index in [9.17, 15) is 9.59 Å². The van der Waals surface area contributed by atoms with Gasteiger partial charge in [-0.25, -0.2) is 0 Å². The number of hydrogen-bond acceptors (Lipinski definition) is 5. The van der Waals surface area contributed by atoms with Crippen LogP contribution in [0.15, 0.2) is 41.3 Å². The fourth-order valence-electron chi connectivity index (χ4n) is 3.48. The minimum Gasteiger partial charge on any atom is -0.497 e. The van der Waals surface area contributed by atoms with E-state index in [1.165, 1.54) is 6.07 Å². The molecule has 0 radical (unpaired) electrons. The van der Waals surface area contributed by atoms with Crippen molar-refractivity contribution in [3.8, 4) is 17.2 Å². The highest BCUT2D eigenvalue weighted by Gasteiger charge is 2.18. The highest BCUT2D eigenvalue weighted by atomic mass is 16.5. The number of rotatable bonds is 9. The molecule has 1 amide bonds. The van der Waals surface area contributed by atoms with Crippen molar-refractivity contribution >= 4 is 5.91 Å². The number of aromatic nitrogens is 1. The number of nitrogens with zero attached hydrogens (tertiary/aromatic N) is 1. The molecule has 0 bridgehead atoms. The van der Waals surface area contributed by atoms with Crippen LogP contribution < -0.4 is 25.0 Å². The van der Waals surface area contributed by atoms with Crippen LogP contribution >= 0.6 is 0 Å². The maximum atomic E-state index is 12.2. The molecule has 1 N–H and O–H groups in total. The van der Waals surface area contributed by atoms with Crippen molar-refractivity contribution in [1.29, 1.82) is 0 Å². The van der Waals surface area contributed by atoms with Gasteiger partial charge in [-0.2, -0.15) is 0 Å². The maximum absolute atomic E-state index is 12.2. The predicted molar refractivity (Wildman–Crippen MR) is 110 cm³/mol. The largest absolute Gasteiger partial charge is 0.497 e. The molecule has 1 aromatic heterocycles. The molecule has 0 spiro atoms. The Morgan fingerprint density at radius 2 is 1.79 bits per heavy atom. The van der Waals surface area contributed by atoms with Crippen LogP contribution in [0.3, 0.4) is 0 Å². The predicted octanol–water partition coefficient (Wildman–Crippen LogP) is 2.68. The van der Waals surface area contributed by atoms with E-state index in [1.807, 2.05) is 28.8 Å². The van der Waals surface area contributed by atoms with Crippen LogP contribution in [0.4, 0.5) is 0 Å². The third kappa shape index (κ3) is 5.76. The first kappa shape index (κ1) is 20.8. The van der Waals surface area contributed by atoms with Gasteiger partial charge in [0.25, 0.3) is 5.91 Å². The Morgan fingerprint density at radius 3 is 2.48 bits per heavy atom. The lowest BCUT2D eigenvalue weighted by Crippen LogP contribution is -2.36. The van der Waals surface area contributed by atoms with Gasteiger partial charge in [-0.1, -0.05) is 12.8 Å². The van der Waals surface area contributed by atoms with Gasteiger partial charge in [0, 0.05) is 18.3 Å². The van der Waals surface area contributed by atoms with Crippen LogP contribution in [0, 0.1) is 6.92 Å². The molecule has 1 aliphatic rings. The molecule has 1 aliphatic carbocycles. The zero-order valence-electron chi connectivity index (χ0n) is 17.0. The summed E-state index contributed by atoms with van der Waals surface area (Å²) in [6, 6.07) is 9.04. The molecular weight excluding hydrogens is 372 g/mol. The lowest BCUT2D eigenvalue weighted by molar-refractivity contribution is -0.123. The van der Waals surface area contributed by atoms with Crippen molar-refractivity contribution in [2.75, 3.05) is 20.3 Å². The second-order valence-electron chi connectivity index (χ2n) is 7.15. The summed E-state index contributed by atoms with van der Waals surface area (Å²) in [4.78, 5) is 24.3. The van der Waals surface area contributed by atoms with Crippen LogP contribution in [0.1, 0.15) is 31.4 Å². The molecule has 7 heteroatoms. The second-order valence-corrected chi connectivity index (χ2v) is 7.15. The van der Waals surface area contributed by atoms with Crippen LogP contribution in [0.25, 0.3) is 0 Å². The first-order chi connectivity index (χ1) is 14.1. The number of methoxy groups -OCH3 is 1. The highest BCUT2D eigenvalue weighted by Crippen LogP contribution is 2.18. The summed E-state index contributed by atoms with van der Waals surface area (Å²) in [5.74, 6) is 1.53. The Kier molecular flexibility index (Phi) is 7.16. The monoisotopic (exact) mass is 400 g/mol. The standard InChI is InChI=1S/C22H28N2O5/c1-16-22(29-15-21(26)23-17-5-3-4-6-17)20(25)11-12-24(16)13-14-28-19-9-7-18(27-2)8-10-19/h7-12,17H,3-6,13-15H2,1-2H3,(H,23,26). The first-order valence-electron chi connectivity index (χ1n) is 9.96. The molecule has 0 unspecified atom stereocenters. The fourth-order valence-corrected chi connectivity index (χ4v) is 3.48. The summed E-state index contributed by atoms with van der Waals surface area (Å²) in [6.07, 6.45) is 6.02. The van der Waals surface area contributed by atoms with E-state index < -0.39 is 0 Å². The summed E-state index contributed by atoms with van der Waals surface area (Å²) >= 11 is 0. The van der Waals surface area contributed by atoms with Gasteiger partial charge in [0.1, 0.15) is 18.1 Å². The lowest BCUT2D eigenvalue weighted by Gasteiger charge is -2.16. The molecule has 0 saturated heterocycles. The van der Waals surface area contributed by atoms with Gasteiger partial charge in [0.2, 0.25) is 5.43 Å². The molecular formula is C22H28N2O5. The van der Waals surface area contributed by atoms with Crippen molar-refractivity contribution in [3.05, 3.63) is 52.4 Å². The summed E-state index contributed by atoms with van der Waals surface area (Å²) < 4.78 is 18.3. The summed E-state index contributed by atoms with van der Waals surface area (Å²) in [7, 11) is 1.62. The van der Waals surface area contributed by atoms with E-state index in [2.05, 4.69) is 5.32 Å². The van der Waals surface area contributed by atoms with E-state index in [0.29, 0.717) is 18.8 Å². The second kappa shape index (κ2) is 10.0. The minimum absolute atomic E-state index is 0.154. The molecule has 1 aromatic carbocycles. The van der Waals surface area contributed by atoms with Gasteiger partial charge in [0.05, 0.1) is 19.3 Å². The molecule has 0 aliphatic heterocycles. The van der Waals surface area contributed by atoms with Crippen LogP contribution in [-0.4, -0.2) is 36.8 Å². The van der Waals surface area contributed by atoms with Crippen LogP contribution in [0.2, 0.25) is 0 Å².